The number of benzene rings is 2. The van der Waals surface area contributed by atoms with Gasteiger partial charge in [0.05, 0.1) is 0 Å². The Morgan fingerprint density at radius 1 is 1.25 bits per heavy atom. The van der Waals surface area contributed by atoms with Crippen molar-refractivity contribution in [3.8, 4) is 0 Å². The average Bonchev–Trinajstić information content (AvgIpc) is 2.42. The summed E-state index contributed by atoms with van der Waals surface area (Å²) in [6, 6.07) is 11.0. The predicted octanol–water partition coefficient (Wildman–Crippen LogP) is 4.90. The monoisotopic (exact) mass is 403 g/mol. The molecular formula is C16H16ClFIN. The number of rotatable bonds is 4. The van der Waals surface area contributed by atoms with Crippen molar-refractivity contribution in [2.24, 2.45) is 0 Å². The maximum Gasteiger partial charge on any atom is 0.127 e. The highest BCUT2D eigenvalue weighted by Crippen LogP contribution is 2.29. The van der Waals surface area contributed by atoms with Crippen LogP contribution in [0.1, 0.15) is 22.7 Å². The van der Waals surface area contributed by atoms with Gasteiger partial charge in [0.15, 0.2) is 0 Å². The zero-order valence-corrected chi connectivity index (χ0v) is 14.3. The molecule has 20 heavy (non-hydrogen) atoms. The lowest BCUT2D eigenvalue weighted by Gasteiger charge is -2.20. The van der Waals surface area contributed by atoms with Gasteiger partial charge < -0.3 is 5.32 Å². The molecule has 1 unspecified atom stereocenters. The third-order valence-electron chi connectivity index (χ3n) is 3.42. The second-order valence-electron chi connectivity index (χ2n) is 4.72. The summed E-state index contributed by atoms with van der Waals surface area (Å²) in [4.78, 5) is 0. The molecule has 4 heteroatoms. The highest BCUT2D eigenvalue weighted by molar-refractivity contribution is 14.1. The summed E-state index contributed by atoms with van der Waals surface area (Å²) in [5.41, 5.74) is 2.96. The Kier molecular flexibility index (Phi) is 5.41. The first-order chi connectivity index (χ1) is 9.54. The largest absolute Gasteiger partial charge is 0.313 e. The molecule has 0 amide bonds. The molecule has 0 saturated heterocycles. The highest BCUT2D eigenvalue weighted by Gasteiger charge is 2.17. The topological polar surface area (TPSA) is 12.0 Å². The Morgan fingerprint density at radius 3 is 2.60 bits per heavy atom. The van der Waals surface area contributed by atoms with Gasteiger partial charge in [-0.25, -0.2) is 4.39 Å². The van der Waals surface area contributed by atoms with Crippen LogP contribution in [0.5, 0.6) is 0 Å². The summed E-state index contributed by atoms with van der Waals surface area (Å²) >= 11 is 8.46. The molecule has 2 rings (SSSR count). The molecule has 0 spiro atoms. The van der Waals surface area contributed by atoms with Crippen molar-refractivity contribution in [2.45, 2.75) is 19.4 Å². The molecule has 0 aliphatic heterocycles. The molecule has 0 aliphatic rings. The van der Waals surface area contributed by atoms with E-state index in [2.05, 4.69) is 47.0 Å². The third kappa shape index (κ3) is 3.32. The van der Waals surface area contributed by atoms with Crippen LogP contribution in [0.15, 0.2) is 36.4 Å². The Bertz CT molecular complexity index is 595. The lowest BCUT2D eigenvalue weighted by molar-refractivity contribution is 0.553. The Labute approximate surface area is 137 Å². The predicted molar refractivity (Wildman–Crippen MR) is 90.8 cm³/mol. The van der Waals surface area contributed by atoms with Crippen LogP contribution >= 0.6 is 34.2 Å². The van der Waals surface area contributed by atoms with Gasteiger partial charge in [0.2, 0.25) is 0 Å². The fourth-order valence-electron chi connectivity index (χ4n) is 2.24. The van der Waals surface area contributed by atoms with E-state index in [1.807, 2.05) is 13.1 Å². The van der Waals surface area contributed by atoms with Crippen LogP contribution in [0.2, 0.25) is 5.02 Å². The molecule has 106 valence electrons. The van der Waals surface area contributed by atoms with E-state index >= 15 is 0 Å². The van der Waals surface area contributed by atoms with Gasteiger partial charge >= 0.3 is 0 Å². The van der Waals surface area contributed by atoms with Crippen molar-refractivity contribution in [1.82, 2.24) is 5.32 Å². The number of nitrogens with one attached hydrogen (secondary N) is 1. The zero-order chi connectivity index (χ0) is 14.7. The fraction of sp³-hybridized carbons (Fsp3) is 0.250. The number of hydrogen-bond donors (Lipinski definition) is 1. The summed E-state index contributed by atoms with van der Waals surface area (Å²) in [7, 11) is 1.89. The number of aryl methyl sites for hydroxylation is 1. The van der Waals surface area contributed by atoms with Crippen LogP contribution in [0, 0.1) is 16.3 Å². The van der Waals surface area contributed by atoms with E-state index in [0.29, 0.717) is 17.0 Å². The number of hydrogen-bond acceptors (Lipinski definition) is 1. The molecule has 0 aliphatic carbocycles. The van der Waals surface area contributed by atoms with Crippen LogP contribution in [0.25, 0.3) is 0 Å². The Balaban J connectivity index is 2.37. The second-order valence-corrected chi connectivity index (χ2v) is 6.21. The first-order valence-electron chi connectivity index (χ1n) is 6.39. The summed E-state index contributed by atoms with van der Waals surface area (Å²) in [5, 5.41) is 3.74. The van der Waals surface area contributed by atoms with Crippen LogP contribution in [-0.4, -0.2) is 7.05 Å². The fourth-order valence-corrected chi connectivity index (χ4v) is 3.21. The van der Waals surface area contributed by atoms with Crippen molar-refractivity contribution in [1.29, 1.82) is 0 Å². The van der Waals surface area contributed by atoms with Crippen molar-refractivity contribution < 1.29 is 4.39 Å². The van der Waals surface area contributed by atoms with Crippen LogP contribution in [-0.2, 0) is 6.42 Å². The Morgan fingerprint density at radius 2 is 1.95 bits per heavy atom. The molecule has 0 fully saturated rings. The van der Waals surface area contributed by atoms with E-state index in [1.54, 1.807) is 12.1 Å². The first-order valence-corrected chi connectivity index (χ1v) is 7.85. The van der Waals surface area contributed by atoms with E-state index in [-0.39, 0.29) is 11.9 Å². The van der Waals surface area contributed by atoms with E-state index < -0.39 is 0 Å². The van der Waals surface area contributed by atoms with Crippen molar-refractivity contribution in [2.75, 3.05) is 7.05 Å². The van der Waals surface area contributed by atoms with E-state index in [0.717, 1.165) is 0 Å². The SMILES string of the molecule is CNC(Cc1c(F)cccc1Cl)c1cccc(C)c1I. The van der Waals surface area contributed by atoms with Gasteiger partial charge in [-0.05, 0) is 66.2 Å². The number of halogens is 3. The van der Waals surface area contributed by atoms with Crippen LogP contribution in [0.4, 0.5) is 4.39 Å². The van der Waals surface area contributed by atoms with Gasteiger partial charge in [0, 0.05) is 20.2 Å². The molecule has 1 nitrogen and oxygen atoms in total. The molecule has 0 heterocycles. The first kappa shape index (κ1) is 15.7. The van der Waals surface area contributed by atoms with Crippen molar-refractivity contribution in [3.05, 3.63) is 67.5 Å². The Hall–Kier alpha value is -0.650. The van der Waals surface area contributed by atoms with Gasteiger partial charge in [-0.1, -0.05) is 35.9 Å². The van der Waals surface area contributed by atoms with E-state index in [9.17, 15) is 4.39 Å². The molecule has 2 aromatic rings. The molecule has 1 N–H and O–H groups in total. The van der Waals surface area contributed by atoms with E-state index in [4.69, 9.17) is 11.6 Å². The highest BCUT2D eigenvalue weighted by atomic mass is 127. The van der Waals surface area contributed by atoms with Crippen LogP contribution in [0.3, 0.4) is 0 Å². The maximum atomic E-state index is 13.9. The average molecular weight is 404 g/mol. The number of likely N-dealkylation sites (N-methyl/N-ethyl adjacent to an activating group) is 1. The van der Waals surface area contributed by atoms with Crippen molar-refractivity contribution >= 4 is 34.2 Å². The summed E-state index contributed by atoms with van der Waals surface area (Å²) in [5.74, 6) is -0.250. The van der Waals surface area contributed by atoms with Crippen LogP contribution < -0.4 is 5.32 Å². The molecule has 0 bridgehead atoms. The normalized spacial score (nSPS) is 12.4. The molecule has 0 saturated carbocycles. The minimum Gasteiger partial charge on any atom is -0.313 e. The molecule has 0 aromatic heterocycles. The molecular weight excluding hydrogens is 388 g/mol. The molecule has 2 aromatic carbocycles. The summed E-state index contributed by atoms with van der Waals surface area (Å²) in [6.07, 6.45) is 0.529. The van der Waals surface area contributed by atoms with Gasteiger partial charge in [0.1, 0.15) is 5.82 Å². The summed E-state index contributed by atoms with van der Waals surface area (Å²) < 4.78 is 15.1. The second kappa shape index (κ2) is 6.87. The molecule has 1 atom stereocenters. The van der Waals surface area contributed by atoms with Gasteiger partial charge in [-0.15, -0.1) is 0 Å². The maximum absolute atomic E-state index is 13.9. The van der Waals surface area contributed by atoms with Gasteiger partial charge in [0.25, 0.3) is 0 Å². The lowest BCUT2D eigenvalue weighted by atomic mass is 9.97. The molecule has 0 radical (unpaired) electrons. The lowest BCUT2D eigenvalue weighted by Crippen LogP contribution is -2.21. The third-order valence-corrected chi connectivity index (χ3v) is 5.24. The van der Waals surface area contributed by atoms with E-state index in [1.165, 1.54) is 20.8 Å². The smallest absolute Gasteiger partial charge is 0.127 e. The minimum atomic E-state index is -0.250. The van der Waals surface area contributed by atoms with Gasteiger partial charge in [-0.2, -0.15) is 0 Å². The summed E-state index contributed by atoms with van der Waals surface area (Å²) in [6.45, 7) is 2.08. The quantitative estimate of drug-likeness (QED) is 0.716. The standard InChI is InChI=1S/C16H16ClFIN/c1-10-5-3-6-11(16(10)19)15(20-2)9-12-13(17)7-4-8-14(12)18/h3-8,15,20H,9H2,1-2H3. The van der Waals surface area contributed by atoms with Gasteiger partial charge in [-0.3, -0.25) is 0 Å². The minimum absolute atomic E-state index is 0.0381. The van der Waals surface area contributed by atoms with Crippen molar-refractivity contribution in [3.63, 3.8) is 0 Å². The zero-order valence-electron chi connectivity index (χ0n) is 11.4.